The summed E-state index contributed by atoms with van der Waals surface area (Å²) in [5, 5.41) is 0. The van der Waals surface area contributed by atoms with Gasteiger partial charge >= 0.3 is 0 Å². The maximum atomic E-state index is 13.6. The smallest absolute Gasteiger partial charge is 0.219 e. The lowest BCUT2D eigenvalue weighted by Gasteiger charge is -2.12. The van der Waals surface area contributed by atoms with E-state index in [4.69, 9.17) is 5.73 Å². The van der Waals surface area contributed by atoms with E-state index in [0.717, 1.165) is 12.1 Å². The zero-order chi connectivity index (χ0) is 12.4. The third-order valence-electron chi connectivity index (χ3n) is 2.62. The van der Waals surface area contributed by atoms with Gasteiger partial charge in [0.1, 0.15) is 11.6 Å². The molecule has 0 aliphatic heterocycles. The van der Waals surface area contributed by atoms with Crippen LogP contribution in [0.3, 0.4) is 0 Å². The first-order chi connectivity index (χ1) is 8.08. The fraction of sp³-hybridized carbons (Fsp3) is 0.167. The van der Waals surface area contributed by atoms with Crippen LogP contribution in [0.15, 0.2) is 30.6 Å². The standard InChI is InChI=1S/C12H11F2N3/c1-7(8-5-16-12(15)17-6-8)10-4-9(13)2-3-11(10)14/h2-7H,1H3,(H2,15,16,17). The zero-order valence-corrected chi connectivity index (χ0v) is 9.19. The molecule has 2 N–H and O–H groups in total. The summed E-state index contributed by atoms with van der Waals surface area (Å²) in [6, 6.07) is 3.38. The first-order valence-electron chi connectivity index (χ1n) is 5.10. The van der Waals surface area contributed by atoms with Gasteiger partial charge in [0.25, 0.3) is 0 Å². The molecule has 0 aliphatic carbocycles. The summed E-state index contributed by atoms with van der Waals surface area (Å²) in [5.41, 5.74) is 6.32. The van der Waals surface area contributed by atoms with Crippen molar-refractivity contribution in [2.75, 3.05) is 5.73 Å². The van der Waals surface area contributed by atoms with Gasteiger partial charge in [-0.15, -0.1) is 0 Å². The molecule has 0 spiro atoms. The van der Waals surface area contributed by atoms with Crippen LogP contribution in [0.1, 0.15) is 24.0 Å². The maximum Gasteiger partial charge on any atom is 0.219 e. The Morgan fingerprint density at radius 1 is 1.18 bits per heavy atom. The van der Waals surface area contributed by atoms with Crippen molar-refractivity contribution in [3.05, 3.63) is 53.4 Å². The topological polar surface area (TPSA) is 51.8 Å². The van der Waals surface area contributed by atoms with E-state index in [1.807, 2.05) is 0 Å². The van der Waals surface area contributed by atoms with Crippen LogP contribution in [0, 0.1) is 11.6 Å². The Bertz CT molecular complexity index is 526. The van der Waals surface area contributed by atoms with Crippen LogP contribution < -0.4 is 5.73 Å². The molecule has 0 fully saturated rings. The lowest BCUT2D eigenvalue weighted by atomic mass is 9.95. The fourth-order valence-electron chi connectivity index (χ4n) is 1.60. The number of nitrogens with two attached hydrogens (primary N) is 1. The average Bonchev–Trinajstić information content (AvgIpc) is 2.32. The van der Waals surface area contributed by atoms with Gasteiger partial charge < -0.3 is 5.73 Å². The van der Waals surface area contributed by atoms with Crippen LogP contribution in [-0.4, -0.2) is 9.97 Å². The Labute approximate surface area is 97.3 Å². The van der Waals surface area contributed by atoms with Crippen LogP contribution in [0.2, 0.25) is 0 Å². The summed E-state index contributed by atoms with van der Waals surface area (Å²) in [4.78, 5) is 7.66. The monoisotopic (exact) mass is 235 g/mol. The quantitative estimate of drug-likeness (QED) is 0.870. The van der Waals surface area contributed by atoms with Crippen molar-refractivity contribution in [2.45, 2.75) is 12.8 Å². The van der Waals surface area contributed by atoms with Crippen molar-refractivity contribution in [1.82, 2.24) is 9.97 Å². The van der Waals surface area contributed by atoms with Gasteiger partial charge in [0.15, 0.2) is 0 Å². The summed E-state index contributed by atoms with van der Waals surface area (Å²) in [7, 11) is 0. The Morgan fingerprint density at radius 3 is 2.47 bits per heavy atom. The Morgan fingerprint density at radius 2 is 1.82 bits per heavy atom. The summed E-state index contributed by atoms with van der Waals surface area (Å²) < 4.78 is 26.6. The predicted molar refractivity (Wildman–Crippen MR) is 60.3 cm³/mol. The van der Waals surface area contributed by atoms with Crippen LogP contribution in [0.5, 0.6) is 0 Å². The minimum atomic E-state index is -0.468. The van der Waals surface area contributed by atoms with Crippen molar-refractivity contribution in [2.24, 2.45) is 0 Å². The van der Waals surface area contributed by atoms with E-state index in [1.165, 1.54) is 18.5 Å². The highest BCUT2D eigenvalue weighted by atomic mass is 19.1. The van der Waals surface area contributed by atoms with E-state index < -0.39 is 11.6 Å². The van der Waals surface area contributed by atoms with Gasteiger partial charge in [-0.3, -0.25) is 0 Å². The highest BCUT2D eigenvalue weighted by Crippen LogP contribution is 2.26. The third kappa shape index (κ3) is 2.38. The van der Waals surface area contributed by atoms with E-state index in [0.29, 0.717) is 5.56 Å². The molecule has 1 atom stereocenters. The van der Waals surface area contributed by atoms with Crippen LogP contribution in [-0.2, 0) is 0 Å². The molecule has 0 saturated carbocycles. The molecule has 3 nitrogen and oxygen atoms in total. The number of hydrogen-bond donors (Lipinski definition) is 1. The van der Waals surface area contributed by atoms with E-state index in [2.05, 4.69) is 9.97 Å². The van der Waals surface area contributed by atoms with Gasteiger partial charge in [-0.05, 0) is 29.3 Å². The minimum Gasteiger partial charge on any atom is -0.368 e. The van der Waals surface area contributed by atoms with Gasteiger partial charge in [-0.1, -0.05) is 6.92 Å². The molecule has 1 aromatic carbocycles. The first kappa shape index (κ1) is 11.4. The van der Waals surface area contributed by atoms with Crippen LogP contribution >= 0.6 is 0 Å². The van der Waals surface area contributed by atoms with Crippen molar-refractivity contribution in [1.29, 1.82) is 0 Å². The minimum absolute atomic E-state index is 0.153. The Hall–Kier alpha value is -2.04. The molecule has 5 heteroatoms. The Balaban J connectivity index is 2.39. The molecular weight excluding hydrogens is 224 g/mol. The van der Waals surface area contributed by atoms with Crippen molar-refractivity contribution in [3.8, 4) is 0 Å². The maximum absolute atomic E-state index is 13.6. The number of halogens is 2. The number of aromatic nitrogens is 2. The lowest BCUT2D eigenvalue weighted by Crippen LogP contribution is -2.03. The molecule has 0 saturated heterocycles. The first-order valence-corrected chi connectivity index (χ1v) is 5.10. The number of anilines is 1. The van der Waals surface area contributed by atoms with Crippen molar-refractivity contribution >= 4 is 5.95 Å². The SMILES string of the molecule is CC(c1cnc(N)nc1)c1cc(F)ccc1F. The summed E-state index contributed by atoms with van der Waals surface area (Å²) >= 11 is 0. The highest BCUT2D eigenvalue weighted by Gasteiger charge is 2.14. The number of hydrogen-bond acceptors (Lipinski definition) is 3. The largest absolute Gasteiger partial charge is 0.368 e. The molecule has 1 aromatic heterocycles. The van der Waals surface area contributed by atoms with Gasteiger partial charge in [0, 0.05) is 18.3 Å². The lowest BCUT2D eigenvalue weighted by molar-refractivity contribution is 0.579. The van der Waals surface area contributed by atoms with Gasteiger partial charge in [-0.2, -0.15) is 0 Å². The average molecular weight is 235 g/mol. The molecule has 88 valence electrons. The van der Waals surface area contributed by atoms with Crippen LogP contribution in [0.25, 0.3) is 0 Å². The van der Waals surface area contributed by atoms with Gasteiger partial charge in [0.2, 0.25) is 5.95 Å². The number of nitrogen functional groups attached to an aromatic ring is 1. The fourth-order valence-corrected chi connectivity index (χ4v) is 1.60. The second-order valence-electron chi connectivity index (χ2n) is 3.76. The van der Waals surface area contributed by atoms with E-state index >= 15 is 0 Å². The van der Waals surface area contributed by atoms with E-state index in [9.17, 15) is 8.78 Å². The molecule has 2 rings (SSSR count). The molecule has 17 heavy (non-hydrogen) atoms. The molecule has 1 heterocycles. The molecular formula is C12H11F2N3. The molecule has 0 amide bonds. The number of benzene rings is 1. The number of rotatable bonds is 2. The van der Waals surface area contributed by atoms with Gasteiger partial charge in [0.05, 0.1) is 0 Å². The summed E-state index contributed by atoms with van der Waals surface area (Å²) in [6.45, 7) is 1.76. The molecule has 0 radical (unpaired) electrons. The summed E-state index contributed by atoms with van der Waals surface area (Å²) in [5.74, 6) is -1.09. The van der Waals surface area contributed by atoms with Crippen molar-refractivity contribution < 1.29 is 8.78 Å². The molecule has 0 aliphatic rings. The second kappa shape index (κ2) is 4.45. The third-order valence-corrected chi connectivity index (χ3v) is 2.62. The van der Waals surface area contributed by atoms with E-state index in [-0.39, 0.29) is 17.4 Å². The molecule has 0 bridgehead atoms. The Kier molecular flexibility index (Phi) is 2.99. The van der Waals surface area contributed by atoms with Crippen molar-refractivity contribution in [3.63, 3.8) is 0 Å². The highest BCUT2D eigenvalue weighted by molar-refractivity contribution is 5.31. The number of nitrogens with zero attached hydrogens (tertiary/aromatic N) is 2. The zero-order valence-electron chi connectivity index (χ0n) is 9.19. The summed E-state index contributed by atoms with van der Waals surface area (Å²) in [6.07, 6.45) is 3.02. The van der Waals surface area contributed by atoms with E-state index in [1.54, 1.807) is 6.92 Å². The molecule has 1 unspecified atom stereocenters. The predicted octanol–water partition coefficient (Wildman–Crippen LogP) is 2.49. The second-order valence-corrected chi connectivity index (χ2v) is 3.76. The molecule has 2 aromatic rings. The normalized spacial score (nSPS) is 12.4. The van der Waals surface area contributed by atoms with Gasteiger partial charge in [-0.25, -0.2) is 18.7 Å². The van der Waals surface area contributed by atoms with Crippen LogP contribution in [0.4, 0.5) is 14.7 Å².